The van der Waals surface area contributed by atoms with E-state index in [2.05, 4.69) is 10.5 Å². The first-order valence-electron chi connectivity index (χ1n) is 6.99. The predicted octanol–water partition coefficient (Wildman–Crippen LogP) is 3.25. The van der Waals surface area contributed by atoms with Crippen molar-refractivity contribution in [3.8, 4) is 5.75 Å². The van der Waals surface area contributed by atoms with Crippen LogP contribution in [0.4, 0.5) is 0 Å². The predicted molar refractivity (Wildman–Crippen MR) is 88.8 cm³/mol. The van der Waals surface area contributed by atoms with E-state index in [0.717, 1.165) is 11.1 Å². The molecule has 0 fully saturated rings. The number of amides is 1. The van der Waals surface area contributed by atoms with Crippen LogP contribution in [0.3, 0.4) is 0 Å². The number of rotatable bonds is 6. The molecule has 2 aromatic carbocycles. The molecule has 0 heterocycles. The first-order valence-corrected chi connectivity index (χ1v) is 6.99. The van der Waals surface area contributed by atoms with Crippen molar-refractivity contribution in [2.45, 2.75) is 6.92 Å². The Kier molecular flexibility index (Phi) is 5.93. The molecule has 0 saturated carbocycles. The van der Waals surface area contributed by atoms with Crippen molar-refractivity contribution in [3.05, 3.63) is 71.8 Å². The van der Waals surface area contributed by atoms with Crippen LogP contribution in [0.2, 0.25) is 0 Å². The molecule has 0 aliphatic carbocycles. The quantitative estimate of drug-likeness (QED) is 0.657. The molecule has 0 atom stereocenters. The number of hydrogen-bond acceptors (Lipinski definition) is 3. The Labute approximate surface area is 130 Å². The van der Waals surface area contributed by atoms with E-state index < -0.39 is 0 Å². The van der Waals surface area contributed by atoms with E-state index in [-0.39, 0.29) is 5.91 Å². The summed E-state index contributed by atoms with van der Waals surface area (Å²) in [7, 11) is 0. The molecule has 0 aliphatic rings. The Bertz CT molecular complexity index is 664. The van der Waals surface area contributed by atoms with Crippen molar-refractivity contribution in [1.29, 1.82) is 0 Å². The molecule has 112 valence electrons. The molecule has 2 rings (SSSR count). The van der Waals surface area contributed by atoms with Crippen LogP contribution >= 0.6 is 0 Å². The summed E-state index contributed by atoms with van der Waals surface area (Å²) in [6, 6.07) is 17.6. The van der Waals surface area contributed by atoms with Crippen LogP contribution in [0, 0.1) is 0 Å². The van der Waals surface area contributed by atoms with Crippen LogP contribution in [-0.2, 0) is 4.79 Å². The second-order valence-corrected chi connectivity index (χ2v) is 4.59. The SMILES string of the molecule is CC(=O)NN=Cc1ccccc1OC/C=C/c1ccccc1. The fraction of sp³-hybridized carbons (Fsp3) is 0.111. The Hall–Kier alpha value is -2.88. The maximum atomic E-state index is 10.8. The van der Waals surface area contributed by atoms with Gasteiger partial charge < -0.3 is 4.74 Å². The molecule has 1 N–H and O–H groups in total. The Morgan fingerprint density at radius 1 is 1.14 bits per heavy atom. The van der Waals surface area contributed by atoms with Crippen LogP contribution < -0.4 is 10.2 Å². The van der Waals surface area contributed by atoms with E-state index >= 15 is 0 Å². The second-order valence-electron chi connectivity index (χ2n) is 4.59. The van der Waals surface area contributed by atoms with Crippen LogP contribution in [0.15, 0.2) is 65.8 Å². The number of para-hydroxylation sites is 1. The van der Waals surface area contributed by atoms with Gasteiger partial charge in [-0.05, 0) is 23.8 Å². The molecule has 0 aromatic heterocycles. The minimum absolute atomic E-state index is 0.208. The van der Waals surface area contributed by atoms with Crippen molar-refractivity contribution in [2.75, 3.05) is 6.61 Å². The number of carbonyl (C=O) groups is 1. The fourth-order valence-corrected chi connectivity index (χ4v) is 1.80. The minimum Gasteiger partial charge on any atom is -0.489 e. The van der Waals surface area contributed by atoms with Crippen LogP contribution in [-0.4, -0.2) is 18.7 Å². The molecule has 0 unspecified atom stereocenters. The van der Waals surface area contributed by atoms with Gasteiger partial charge in [0.1, 0.15) is 12.4 Å². The van der Waals surface area contributed by atoms with Gasteiger partial charge in [-0.25, -0.2) is 5.43 Å². The lowest BCUT2D eigenvalue weighted by molar-refractivity contribution is -0.118. The smallest absolute Gasteiger partial charge is 0.236 e. The summed E-state index contributed by atoms with van der Waals surface area (Å²) in [4.78, 5) is 10.8. The van der Waals surface area contributed by atoms with Gasteiger partial charge in [-0.2, -0.15) is 5.10 Å². The van der Waals surface area contributed by atoms with Crippen LogP contribution in [0.25, 0.3) is 6.08 Å². The first-order chi connectivity index (χ1) is 10.8. The molecular weight excluding hydrogens is 276 g/mol. The molecule has 4 heteroatoms. The van der Waals surface area contributed by atoms with E-state index in [1.165, 1.54) is 6.92 Å². The van der Waals surface area contributed by atoms with E-state index in [1.54, 1.807) is 6.21 Å². The number of ether oxygens (including phenoxy) is 1. The highest BCUT2D eigenvalue weighted by Crippen LogP contribution is 2.15. The molecule has 0 aliphatic heterocycles. The monoisotopic (exact) mass is 294 g/mol. The van der Waals surface area contributed by atoms with Crippen molar-refractivity contribution < 1.29 is 9.53 Å². The zero-order valence-electron chi connectivity index (χ0n) is 12.4. The topological polar surface area (TPSA) is 50.7 Å². The number of hydrogen-bond donors (Lipinski definition) is 1. The third-order valence-electron chi connectivity index (χ3n) is 2.79. The average molecular weight is 294 g/mol. The summed E-state index contributed by atoms with van der Waals surface area (Å²) in [5, 5.41) is 3.86. The lowest BCUT2D eigenvalue weighted by Crippen LogP contribution is -2.12. The Morgan fingerprint density at radius 2 is 1.86 bits per heavy atom. The molecule has 4 nitrogen and oxygen atoms in total. The normalized spacial score (nSPS) is 11.0. The third-order valence-corrected chi connectivity index (χ3v) is 2.79. The highest BCUT2D eigenvalue weighted by molar-refractivity contribution is 5.84. The maximum absolute atomic E-state index is 10.8. The van der Waals surface area contributed by atoms with Gasteiger partial charge in [-0.15, -0.1) is 0 Å². The van der Waals surface area contributed by atoms with Gasteiger partial charge in [-0.1, -0.05) is 48.5 Å². The number of hydrazone groups is 1. The van der Waals surface area contributed by atoms with Gasteiger partial charge in [0.15, 0.2) is 0 Å². The van der Waals surface area contributed by atoms with Gasteiger partial charge in [0.05, 0.1) is 6.21 Å². The highest BCUT2D eigenvalue weighted by Gasteiger charge is 1.99. The summed E-state index contributed by atoms with van der Waals surface area (Å²) in [6.45, 7) is 1.87. The molecule has 2 aromatic rings. The van der Waals surface area contributed by atoms with E-state index in [4.69, 9.17) is 4.74 Å². The third kappa shape index (κ3) is 5.25. The summed E-state index contributed by atoms with van der Waals surface area (Å²) >= 11 is 0. The van der Waals surface area contributed by atoms with Gasteiger partial charge in [0, 0.05) is 12.5 Å². The summed E-state index contributed by atoms with van der Waals surface area (Å²) in [5.41, 5.74) is 4.31. The molecule has 22 heavy (non-hydrogen) atoms. The van der Waals surface area contributed by atoms with Crippen molar-refractivity contribution >= 4 is 18.2 Å². The molecule has 0 saturated heterocycles. The molecular formula is C18H18N2O2. The molecule has 0 bridgehead atoms. The maximum Gasteiger partial charge on any atom is 0.236 e. The first kappa shape index (κ1) is 15.5. The van der Waals surface area contributed by atoms with Gasteiger partial charge in [0.25, 0.3) is 0 Å². The lowest BCUT2D eigenvalue weighted by Gasteiger charge is -2.06. The number of nitrogens with one attached hydrogen (secondary N) is 1. The summed E-state index contributed by atoms with van der Waals surface area (Å²) in [5.74, 6) is 0.509. The van der Waals surface area contributed by atoms with E-state index in [1.807, 2.05) is 66.7 Å². The van der Waals surface area contributed by atoms with Crippen molar-refractivity contribution in [2.24, 2.45) is 5.10 Å². The second kappa shape index (κ2) is 8.42. The van der Waals surface area contributed by atoms with Gasteiger partial charge >= 0.3 is 0 Å². The highest BCUT2D eigenvalue weighted by atomic mass is 16.5. The Balaban J connectivity index is 1.94. The average Bonchev–Trinajstić information content (AvgIpc) is 2.53. The van der Waals surface area contributed by atoms with E-state index in [0.29, 0.717) is 12.4 Å². The van der Waals surface area contributed by atoms with Gasteiger partial charge in [0.2, 0.25) is 5.91 Å². The lowest BCUT2D eigenvalue weighted by atomic mass is 10.2. The number of carbonyl (C=O) groups excluding carboxylic acids is 1. The van der Waals surface area contributed by atoms with E-state index in [9.17, 15) is 4.79 Å². The summed E-state index contributed by atoms with van der Waals surface area (Å²) < 4.78 is 5.73. The zero-order valence-corrected chi connectivity index (χ0v) is 12.4. The van der Waals surface area contributed by atoms with Crippen LogP contribution in [0.5, 0.6) is 5.75 Å². The zero-order chi connectivity index (χ0) is 15.6. The molecule has 1 amide bonds. The number of nitrogens with zero attached hydrogens (tertiary/aromatic N) is 1. The standard InChI is InChI=1S/C18H18N2O2/c1-15(21)20-19-14-17-11-5-6-12-18(17)22-13-7-10-16-8-3-2-4-9-16/h2-12,14H,13H2,1H3,(H,20,21)/b10-7+,19-14?. The van der Waals surface area contributed by atoms with Crippen LogP contribution in [0.1, 0.15) is 18.1 Å². The van der Waals surface area contributed by atoms with Crippen molar-refractivity contribution in [3.63, 3.8) is 0 Å². The molecule has 0 spiro atoms. The minimum atomic E-state index is -0.208. The van der Waals surface area contributed by atoms with Gasteiger partial charge in [-0.3, -0.25) is 4.79 Å². The Morgan fingerprint density at radius 3 is 2.64 bits per heavy atom. The summed E-state index contributed by atoms with van der Waals surface area (Å²) in [6.07, 6.45) is 5.53. The van der Waals surface area contributed by atoms with Crippen molar-refractivity contribution in [1.82, 2.24) is 5.43 Å². The number of benzene rings is 2. The largest absolute Gasteiger partial charge is 0.489 e. The fourth-order valence-electron chi connectivity index (χ4n) is 1.80. The molecule has 0 radical (unpaired) electrons.